The number of amides is 1. The Morgan fingerprint density at radius 2 is 1.72 bits per heavy atom. The van der Waals surface area contributed by atoms with E-state index in [0.717, 1.165) is 17.1 Å². The molecule has 0 aliphatic heterocycles. The van der Waals surface area contributed by atoms with E-state index in [4.69, 9.17) is 4.74 Å². The van der Waals surface area contributed by atoms with E-state index in [0.29, 0.717) is 36.9 Å². The van der Waals surface area contributed by atoms with E-state index in [-0.39, 0.29) is 5.91 Å². The van der Waals surface area contributed by atoms with Crippen LogP contribution in [0.3, 0.4) is 0 Å². The Morgan fingerprint density at radius 1 is 0.966 bits per heavy atom. The van der Waals surface area contributed by atoms with Crippen LogP contribution in [0.4, 0.5) is 17.5 Å². The molecule has 3 aromatic rings. The number of carbonyl (C=O) groups excluding carboxylic acids is 1. The zero-order valence-corrected chi connectivity index (χ0v) is 16.5. The molecule has 3 rings (SSSR count). The van der Waals surface area contributed by atoms with Crippen molar-refractivity contribution in [2.45, 2.75) is 13.8 Å². The lowest BCUT2D eigenvalue weighted by molar-refractivity contribution is 0.0955. The van der Waals surface area contributed by atoms with Crippen molar-refractivity contribution in [3.8, 4) is 5.75 Å². The van der Waals surface area contributed by atoms with Gasteiger partial charge in [0, 0.05) is 30.9 Å². The Hall–Kier alpha value is -3.68. The summed E-state index contributed by atoms with van der Waals surface area (Å²) < 4.78 is 5.38. The molecule has 0 saturated heterocycles. The summed E-state index contributed by atoms with van der Waals surface area (Å²) in [5.41, 5.74) is 1.70. The highest BCUT2D eigenvalue weighted by Gasteiger charge is 2.05. The lowest BCUT2D eigenvalue weighted by Crippen LogP contribution is -2.28. The van der Waals surface area contributed by atoms with E-state index in [1.54, 1.807) is 36.5 Å². The van der Waals surface area contributed by atoms with Crippen molar-refractivity contribution >= 4 is 23.4 Å². The quantitative estimate of drug-likeness (QED) is 0.481. The van der Waals surface area contributed by atoms with E-state index in [1.165, 1.54) is 6.33 Å². The number of nitrogens with zero attached hydrogens (tertiary/aromatic N) is 3. The molecule has 1 aromatic carbocycles. The van der Waals surface area contributed by atoms with Crippen molar-refractivity contribution in [3.05, 3.63) is 66.1 Å². The number of pyridine rings is 1. The number of nitrogens with one attached hydrogen (secondary N) is 3. The van der Waals surface area contributed by atoms with Crippen molar-refractivity contribution in [1.82, 2.24) is 20.3 Å². The molecule has 0 aliphatic rings. The second kappa shape index (κ2) is 10.0. The van der Waals surface area contributed by atoms with E-state index < -0.39 is 0 Å². The fourth-order valence-corrected chi connectivity index (χ4v) is 2.60. The lowest BCUT2D eigenvalue weighted by Gasteiger charge is -2.10. The van der Waals surface area contributed by atoms with Gasteiger partial charge in [-0.15, -0.1) is 0 Å². The maximum absolute atomic E-state index is 12.2. The van der Waals surface area contributed by atoms with Crippen LogP contribution in [0.1, 0.15) is 22.8 Å². The standard InChI is InChI=1S/C21H24N6O2/c1-3-29-17-6-4-16(5-7-17)21(28)24-11-10-23-18-13-20(26-14-25-18)27-19-12-15(2)8-9-22-19/h4-9,12-14H,3,10-11H2,1-2H3,(H,24,28)(H2,22,23,25,26,27). The molecular weight excluding hydrogens is 368 g/mol. The molecule has 0 atom stereocenters. The molecule has 8 nitrogen and oxygen atoms in total. The first-order valence-corrected chi connectivity index (χ1v) is 9.40. The van der Waals surface area contributed by atoms with Gasteiger partial charge in [-0.2, -0.15) is 0 Å². The molecule has 3 N–H and O–H groups in total. The van der Waals surface area contributed by atoms with E-state index in [2.05, 4.69) is 30.9 Å². The molecule has 0 unspecified atom stereocenters. The predicted octanol–water partition coefficient (Wildman–Crippen LogP) is 3.16. The summed E-state index contributed by atoms with van der Waals surface area (Å²) >= 11 is 0. The van der Waals surface area contributed by atoms with Crippen molar-refractivity contribution in [2.75, 3.05) is 30.3 Å². The summed E-state index contributed by atoms with van der Waals surface area (Å²) in [4.78, 5) is 24.8. The molecule has 0 aliphatic carbocycles. The Labute approximate surface area is 169 Å². The van der Waals surface area contributed by atoms with Crippen LogP contribution in [0.15, 0.2) is 55.0 Å². The number of hydrogen-bond donors (Lipinski definition) is 3. The number of ether oxygens (including phenoxy) is 1. The fraction of sp³-hybridized carbons (Fsp3) is 0.238. The van der Waals surface area contributed by atoms with Gasteiger partial charge in [0.15, 0.2) is 0 Å². The van der Waals surface area contributed by atoms with Crippen LogP contribution in [-0.2, 0) is 0 Å². The Morgan fingerprint density at radius 3 is 2.48 bits per heavy atom. The second-order valence-electron chi connectivity index (χ2n) is 6.27. The van der Waals surface area contributed by atoms with Gasteiger partial charge < -0.3 is 20.7 Å². The number of hydrogen-bond acceptors (Lipinski definition) is 7. The third kappa shape index (κ3) is 6.17. The van der Waals surface area contributed by atoms with Gasteiger partial charge in [0.25, 0.3) is 5.91 Å². The highest BCUT2D eigenvalue weighted by atomic mass is 16.5. The minimum absolute atomic E-state index is 0.134. The van der Waals surface area contributed by atoms with Crippen LogP contribution in [-0.4, -0.2) is 40.6 Å². The fourth-order valence-electron chi connectivity index (χ4n) is 2.60. The van der Waals surface area contributed by atoms with Crippen molar-refractivity contribution < 1.29 is 9.53 Å². The van der Waals surface area contributed by atoms with E-state index >= 15 is 0 Å². The number of rotatable bonds is 9. The minimum atomic E-state index is -0.134. The topological polar surface area (TPSA) is 101 Å². The summed E-state index contributed by atoms with van der Waals surface area (Å²) in [6.45, 7) is 5.50. The molecule has 29 heavy (non-hydrogen) atoms. The van der Waals surface area contributed by atoms with Crippen LogP contribution in [0.2, 0.25) is 0 Å². The van der Waals surface area contributed by atoms with Gasteiger partial charge in [-0.05, 0) is 55.8 Å². The van der Waals surface area contributed by atoms with Crippen molar-refractivity contribution in [3.63, 3.8) is 0 Å². The SMILES string of the molecule is CCOc1ccc(C(=O)NCCNc2cc(Nc3cc(C)ccn3)ncn2)cc1. The number of aromatic nitrogens is 3. The van der Waals surface area contributed by atoms with Crippen molar-refractivity contribution in [1.29, 1.82) is 0 Å². The average Bonchev–Trinajstić information content (AvgIpc) is 2.72. The average molecular weight is 392 g/mol. The molecule has 8 heteroatoms. The maximum Gasteiger partial charge on any atom is 0.251 e. The first kappa shape index (κ1) is 20.1. The molecule has 2 aromatic heterocycles. The van der Waals surface area contributed by atoms with Crippen LogP contribution in [0.25, 0.3) is 0 Å². The normalized spacial score (nSPS) is 10.3. The summed E-state index contributed by atoms with van der Waals surface area (Å²) in [5.74, 6) is 2.63. The number of anilines is 3. The summed E-state index contributed by atoms with van der Waals surface area (Å²) in [7, 11) is 0. The van der Waals surface area contributed by atoms with Gasteiger partial charge in [-0.25, -0.2) is 15.0 Å². The highest BCUT2D eigenvalue weighted by molar-refractivity contribution is 5.94. The van der Waals surface area contributed by atoms with Crippen LogP contribution in [0.5, 0.6) is 5.75 Å². The Kier molecular flexibility index (Phi) is 6.94. The lowest BCUT2D eigenvalue weighted by atomic mass is 10.2. The molecular formula is C21H24N6O2. The van der Waals surface area contributed by atoms with Gasteiger partial charge in [-0.1, -0.05) is 0 Å². The van der Waals surface area contributed by atoms with Gasteiger partial charge in [0.05, 0.1) is 6.61 Å². The van der Waals surface area contributed by atoms with Crippen LogP contribution >= 0.6 is 0 Å². The minimum Gasteiger partial charge on any atom is -0.494 e. The molecule has 0 spiro atoms. The van der Waals surface area contributed by atoms with Gasteiger partial charge in [0.2, 0.25) is 0 Å². The zero-order valence-electron chi connectivity index (χ0n) is 16.5. The number of aryl methyl sites for hydroxylation is 1. The second-order valence-corrected chi connectivity index (χ2v) is 6.27. The predicted molar refractivity (Wildman–Crippen MR) is 113 cm³/mol. The number of carbonyl (C=O) groups is 1. The molecule has 0 fully saturated rings. The molecule has 150 valence electrons. The zero-order chi connectivity index (χ0) is 20.5. The third-order valence-corrected chi connectivity index (χ3v) is 3.98. The van der Waals surface area contributed by atoms with E-state index in [1.807, 2.05) is 26.0 Å². The van der Waals surface area contributed by atoms with Crippen LogP contribution in [0, 0.1) is 6.92 Å². The summed E-state index contributed by atoms with van der Waals surface area (Å²) in [6.07, 6.45) is 3.21. The summed E-state index contributed by atoms with van der Waals surface area (Å²) in [5, 5.41) is 9.19. The van der Waals surface area contributed by atoms with Gasteiger partial charge >= 0.3 is 0 Å². The molecule has 0 saturated carbocycles. The smallest absolute Gasteiger partial charge is 0.251 e. The number of benzene rings is 1. The van der Waals surface area contributed by atoms with Gasteiger partial charge in [-0.3, -0.25) is 4.79 Å². The molecule has 1 amide bonds. The highest BCUT2D eigenvalue weighted by Crippen LogP contribution is 2.15. The van der Waals surface area contributed by atoms with Gasteiger partial charge in [0.1, 0.15) is 29.5 Å². The monoisotopic (exact) mass is 392 g/mol. The molecule has 0 bridgehead atoms. The van der Waals surface area contributed by atoms with E-state index in [9.17, 15) is 4.79 Å². The van der Waals surface area contributed by atoms with Crippen LogP contribution < -0.4 is 20.7 Å². The molecule has 0 radical (unpaired) electrons. The first-order valence-electron chi connectivity index (χ1n) is 9.40. The Bertz CT molecular complexity index is 946. The maximum atomic E-state index is 12.2. The summed E-state index contributed by atoms with van der Waals surface area (Å²) in [6, 6.07) is 12.7. The first-order chi connectivity index (χ1) is 14.1. The third-order valence-electron chi connectivity index (χ3n) is 3.98. The Balaban J connectivity index is 1.46. The molecule has 2 heterocycles. The van der Waals surface area contributed by atoms with Crippen molar-refractivity contribution in [2.24, 2.45) is 0 Å². The largest absolute Gasteiger partial charge is 0.494 e.